The van der Waals surface area contributed by atoms with E-state index >= 15 is 0 Å². The van der Waals surface area contributed by atoms with Crippen LogP contribution in [0.5, 0.6) is 0 Å². The van der Waals surface area contributed by atoms with Crippen molar-refractivity contribution in [3.63, 3.8) is 0 Å². The Hall–Kier alpha value is -2.77. The van der Waals surface area contributed by atoms with Crippen LogP contribution in [0.2, 0.25) is 0 Å². The maximum atomic E-state index is 13.0. The Bertz CT molecular complexity index is 1180. The molecule has 2 aliphatic rings. The van der Waals surface area contributed by atoms with E-state index in [1.54, 1.807) is 6.20 Å². The first kappa shape index (κ1) is 24.9. The number of aromatic nitrogens is 3. The van der Waals surface area contributed by atoms with Crippen molar-refractivity contribution in [2.75, 3.05) is 26.3 Å². The Morgan fingerprint density at radius 3 is 2.56 bits per heavy atom. The van der Waals surface area contributed by atoms with Gasteiger partial charge in [-0.2, -0.15) is 0 Å². The summed E-state index contributed by atoms with van der Waals surface area (Å²) in [5, 5.41) is 0. The molecule has 2 aromatic heterocycles. The van der Waals surface area contributed by atoms with E-state index in [1.807, 2.05) is 26.8 Å². The Labute approximate surface area is 213 Å². The molecule has 192 valence electrons. The Kier molecular flexibility index (Phi) is 7.39. The van der Waals surface area contributed by atoms with Crippen molar-refractivity contribution in [3.8, 4) is 0 Å². The van der Waals surface area contributed by atoms with Gasteiger partial charge < -0.3 is 14.0 Å². The van der Waals surface area contributed by atoms with Crippen LogP contribution in [0.4, 0.5) is 0 Å². The van der Waals surface area contributed by atoms with Gasteiger partial charge in [-0.25, -0.2) is 9.97 Å². The molecule has 2 fully saturated rings. The zero-order valence-electron chi connectivity index (χ0n) is 21.8. The molecule has 1 aromatic carbocycles. The van der Waals surface area contributed by atoms with Gasteiger partial charge in [0.15, 0.2) is 5.65 Å². The lowest BCUT2D eigenvalue weighted by Gasteiger charge is -2.32. The molecular weight excluding hydrogens is 452 g/mol. The highest BCUT2D eigenvalue weighted by Gasteiger charge is 2.35. The van der Waals surface area contributed by atoms with E-state index in [1.165, 1.54) is 11.1 Å². The first-order valence-electron chi connectivity index (χ1n) is 13.3. The summed E-state index contributed by atoms with van der Waals surface area (Å²) in [6.45, 7) is 10.7. The van der Waals surface area contributed by atoms with E-state index in [-0.39, 0.29) is 17.8 Å². The van der Waals surface area contributed by atoms with Crippen molar-refractivity contribution in [2.24, 2.45) is 5.92 Å². The summed E-state index contributed by atoms with van der Waals surface area (Å²) in [5.41, 5.74) is 3.85. The molecule has 0 spiro atoms. The van der Waals surface area contributed by atoms with Crippen LogP contribution in [0.1, 0.15) is 69.3 Å². The van der Waals surface area contributed by atoms with Crippen LogP contribution in [-0.2, 0) is 27.4 Å². The van der Waals surface area contributed by atoms with Crippen molar-refractivity contribution in [2.45, 2.75) is 71.1 Å². The maximum Gasteiger partial charge on any atom is 0.310 e. The average molecular weight is 491 g/mol. The van der Waals surface area contributed by atoms with Crippen molar-refractivity contribution in [3.05, 3.63) is 59.5 Å². The highest BCUT2D eigenvalue weighted by Crippen LogP contribution is 2.39. The standard InChI is InChI=1S/C29H38N4O3/c1-29(2,3)36-28(34)24-8-5-4-7-23(24)22-12-10-21(11-13-22)19-33-25-9-6-14-30-27(25)31-26(33)20-32-15-17-35-18-16-32/h6,9-14,23-24H,4-5,7-8,15-20H2,1-3H3/t23-,24+/m0/s1. The molecular formula is C29H38N4O3. The number of imidazole rings is 1. The maximum absolute atomic E-state index is 13.0. The fourth-order valence-electron chi connectivity index (χ4n) is 5.51. The molecule has 1 saturated heterocycles. The quantitative estimate of drug-likeness (QED) is 0.457. The van der Waals surface area contributed by atoms with Crippen LogP contribution in [0, 0.1) is 5.92 Å². The molecule has 7 heteroatoms. The number of benzene rings is 1. The molecule has 0 amide bonds. The van der Waals surface area contributed by atoms with Gasteiger partial charge in [0.2, 0.25) is 0 Å². The lowest BCUT2D eigenvalue weighted by molar-refractivity contribution is -0.161. The molecule has 1 aliphatic carbocycles. The van der Waals surface area contributed by atoms with Gasteiger partial charge in [-0.15, -0.1) is 0 Å². The molecule has 2 atom stereocenters. The van der Waals surface area contributed by atoms with Gasteiger partial charge >= 0.3 is 5.97 Å². The largest absolute Gasteiger partial charge is 0.460 e. The van der Waals surface area contributed by atoms with E-state index in [9.17, 15) is 4.79 Å². The molecule has 3 heterocycles. The molecule has 36 heavy (non-hydrogen) atoms. The first-order valence-corrected chi connectivity index (χ1v) is 13.3. The second-order valence-electron chi connectivity index (χ2n) is 11.1. The summed E-state index contributed by atoms with van der Waals surface area (Å²) in [6, 6.07) is 12.9. The predicted molar refractivity (Wildman–Crippen MR) is 140 cm³/mol. The monoisotopic (exact) mass is 490 g/mol. The second-order valence-corrected chi connectivity index (χ2v) is 11.1. The number of ether oxygens (including phenoxy) is 2. The number of hydrogen-bond donors (Lipinski definition) is 0. The molecule has 3 aromatic rings. The Morgan fingerprint density at radius 1 is 1.06 bits per heavy atom. The molecule has 1 aliphatic heterocycles. The number of pyridine rings is 1. The average Bonchev–Trinajstić information content (AvgIpc) is 3.21. The third-order valence-corrected chi connectivity index (χ3v) is 7.30. The lowest BCUT2D eigenvalue weighted by Crippen LogP contribution is -2.36. The number of esters is 1. The SMILES string of the molecule is CC(C)(C)OC(=O)[C@@H]1CCCC[C@H]1c1ccc(Cn2c(CN3CCOCC3)nc3ncccc32)cc1. The van der Waals surface area contributed by atoms with E-state index in [2.05, 4.69) is 44.8 Å². The van der Waals surface area contributed by atoms with Crippen LogP contribution in [0.25, 0.3) is 11.2 Å². The normalized spacial score (nSPS) is 21.5. The van der Waals surface area contributed by atoms with Gasteiger partial charge in [-0.05, 0) is 62.8 Å². The number of carbonyl (C=O) groups excluding carboxylic acids is 1. The number of nitrogens with zero attached hydrogens (tertiary/aromatic N) is 4. The summed E-state index contributed by atoms with van der Waals surface area (Å²) >= 11 is 0. The molecule has 0 radical (unpaired) electrons. The molecule has 0 bridgehead atoms. The predicted octanol–water partition coefficient (Wildman–Crippen LogP) is 4.93. The van der Waals surface area contributed by atoms with Crippen LogP contribution in [0.3, 0.4) is 0 Å². The van der Waals surface area contributed by atoms with Crippen LogP contribution in [-0.4, -0.2) is 57.3 Å². The highest BCUT2D eigenvalue weighted by atomic mass is 16.6. The topological polar surface area (TPSA) is 69.5 Å². The third-order valence-electron chi connectivity index (χ3n) is 7.30. The van der Waals surface area contributed by atoms with Crippen LogP contribution < -0.4 is 0 Å². The molecule has 0 N–H and O–H groups in total. The molecule has 1 saturated carbocycles. The van der Waals surface area contributed by atoms with Gasteiger partial charge in [-0.3, -0.25) is 9.69 Å². The van der Waals surface area contributed by atoms with Crippen LogP contribution >= 0.6 is 0 Å². The number of morpholine rings is 1. The van der Waals surface area contributed by atoms with Gasteiger partial charge in [0.05, 0.1) is 31.2 Å². The van der Waals surface area contributed by atoms with Gasteiger partial charge in [-0.1, -0.05) is 37.1 Å². The minimum atomic E-state index is -0.454. The number of fused-ring (bicyclic) bond motifs is 1. The molecule has 5 rings (SSSR count). The van der Waals surface area contributed by atoms with Crippen molar-refractivity contribution in [1.29, 1.82) is 0 Å². The van der Waals surface area contributed by atoms with E-state index < -0.39 is 5.60 Å². The Balaban J connectivity index is 1.35. The first-order chi connectivity index (χ1) is 17.4. The van der Waals surface area contributed by atoms with Crippen molar-refractivity contribution in [1.82, 2.24) is 19.4 Å². The highest BCUT2D eigenvalue weighted by molar-refractivity contribution is 5.74. The van der Waals surface area contributed by atoms with Gasteiger partial charge in [0, 0.05) is 25.8 Å². The van der Waals surface area contributed by atoms with Crippen LogP contribution in [0.15, 0.2) is 42.6 Å². The lowest BCUT2D eigenvalue weighted by atomic mass is 9.75. The summed E-state index contributed by atoms with van der Waals surface area (Å²) < 4.78 is 13.6. The number of rotatable bonds is 6. The zero-order chi connectivity index (χ0) is 25.1. The third kappa shape index (κ3) is 5.79. The summed E-state index contributed by atoms with van der Waals surface area (Å²) in [4.78, 5) is 24.7. The Morgan fingerprint density at radius 2 is 1.81 bits per heavy atom. The minimum Gasteiger partial charge on any atom is -0.460 e. The van der Waals surface area contributed by atoms with E-state index in [0.29, 0.717) is 0 Å². The zero-order valence-corrected chi connectivity index (χ0v) is 21.8. The van der Waals surface area contributed by atoms with Gasteiger partial charge in [0.1, 0.15) is 11.4 Å². The fraction of sp³-hybridized carbons (Fsp3) is 0.552. The van der Waals surface area contributed by atoms with Gasteiger partial charge in [0.25, 0.3) is 0 Å². The van der Waals surface area contributed by atoms with E-state index in [0.717, 1.165) is 82.1 Å². The minimum absolute atomic E-state index is 0.0542. The van der Waals surface area contributed by atoms with Crippen molar-refractivity contribution < 1.29 is 14.3 Å². The fourth-order valence-corrected chi connectivity index (χ4v) is 5.51. The summed E-state index contributed by atoms with van der Waals surface area (Å²) in [7, 11) is 0. The summed E-state index contributed by atoms with van der Waals surface area (Å²) in [5.74, 6) is 1.14. The summed E-state index contributed by atoms with van der Waals surface area (Å²) in [6.07, 6.45) is 5.99. The number of hydrogen-bond acceptors (Lipinski definition) is 6. The molecule has 0 unspecified atom stereocenters. The molecule has 7 nitrogen and oxygen atoms in total. The van der Waals surface area contributed by atoms with Crippen molar-refractivity contribution >= 4 is 17.1 Å². The number of carbonyl (C=O) groups is 1. The van der Waals surface area contributed by atoms with E-state index in [4.69, 9.17) is 14.5 Å². The smallest absolute Gasteiger partial charge is 0.310 e. The second kappa shape index (κ2) is 10.7.